The van der Waals surface area contributed by atoms with Crippen LogP contribution < -0.4 is 10.1 Å². The first-order valence-electron chi connectivity index (χ1n) is 11.4. The summed E-state index contributed by atoms with van der Waals surface area (Å²) in [6, 6.07) is 11.3. The van der Waals surface area contributed by atoms with E-state index in [4.69, 9.17) is 4.74 Å². The van der Waals surface area contributed by atoms with Gasteiger partial charge in [-0.2, -0.15) is 24.5 Å². The summed E-state index contributed by atoms with van der Waals surface area (Å²) in [5.74, 6) is 1.06. The number of carbonyl (C=O) groups is 1. The summed E-state index contributed by atoms with van der Waals surface area (Å²) in [6.45, 7) is 1.10. The SMILES string of the molecule is COc1cccc(C(=O)N2CCC(Nc3ncc(-c4ccsc4)c4nc(C(F)(F)F)ccc34)CC2)c1. The van der Waals surface area contributed by atoms with Crippen LogP contribution in [0.1, 0.15) is 28.9 Å². The Morgan fingerprint density at radius 1 is 1.17 bits per heavy atom. The molecule has 5 rings (SSSR count). The highest BCUT2D eigenvalue weighted by Gasteiger charge is 2.33. The Kier molecular flexibility index (Phi) is 6.53. The number of carbonyl (C=O) groups excluding carboxylic acids is 1. The summed E-state index contributed by atoms with van der Waals surface area (Å²) in [7, 11) is 1.56. The number of halogens is 3. The number of hydrogen-bond donors (Lipinski definition) is 1. The Bertz CT molecular complexity index is 1380. The number of amides is 1. The summed E-state index contributed by atoms with van der Waals surface area (Å²) in [5, 5.41) is 7.64. The first-order chi connectivity index (χ1) is 17.3. The van der Waals surface area contributed by atoms with Gasteiger partial charge in [0.25, 0.3) is 5.91 Å². The van der Waals surface area contributed by atoms with Crippen LogP contribution in [0.15, 0.2) is 59.4 Å². The third-order valence-corrected chi connectivity index (χ3v) is 6.97. The number of hydrogen-bond acceptors (Lipinski definition) is 6. The Morgan fingerprint density at radius 2 is 1.97 bits per heavy atom. The number of aromatic nitrogens is 2. The Morgan fingerprint density at radius 3 is 2.67 bits per heavy atom. The van der Waals surface area contributed by atoms with Gasteiger partial charge in [-0.15, -0.1) is 0 Å². The molecule has 10 heteroatoms. The number of methoxy groups -OCH3 is 1. The molecule has 0 spiro atoms. The minimum Gasteiger partial charge on any atom is -0.497 e. The van der Waals surface area contributed by atoms with Crippen molar-refractivity contribution in [3.8, 4) is 16.9 Å². The van der Waals surface area contributed by atoms with E-state index >= 15 is 0 Å². The molecule has 0 atom stereocenters. The number of ether oxygens (including phenoxy) is 1. The van der Waals surface area contributed by atoms with Crippen LogP contribution in [0, 0.1) is 0 Å². The van der Waals surface area contributed by atoms with Crippen molar-refractivity contribution in [1.29, 1.82) is 0 Å². The summed E-state index contributed by atoms with van der Waals surface area (Å²) in [4.78, 5) is 23.2. The maximum atomic E-state index is 13.4. The molecule has 0 aliphatic carbocycles. The average molecular weight is 513 g/mol. The molecule has 1 saturated heterocycles. The highest BCUT2D eigenvalue weighted by Crippen LogP contribution is 2.36. The molecule has 4 aromatic rings. The van der Waals surface area contributed by atoms with Crippen LogP contribution in [0.3, 0.4) is 0 Å². The molecule has 0 radical (unpaired) electrons. The van der Waals surface area contributed by atoms with Crippen LogP contribution >= 0.6 is 11.3 Å². The van der Waals surface area contributed by atoms with Crippen molar-refractivity contribution in [3.63, 3.8) is 0 Å². The molecule has 6 nitrogen and oxygen atoms in total. The molecule has 1 N–H and O–H groups in total. The number of rotatable bonds is 5. The van der Waals surface area contributed by atoms with Gasteiger partial charge in [0, 0.05) is 41.8 Å². The van der Waals surface area contributed by atoms with E-state index in [1.165, 1.54) is 17.4 Å². The molecule has 4 heterocycles. The average Bonchev–Trinajstić information content (AvgIpc) is 3.43. The van der Waals surface area contributed by atoms with Crippen molar-refractivity contribution in [2.75, 3.05) is 25.5 Å². The van der Waals surface area contributed by atoms with Crippen LogP contribution in [0.5, 0.6) is 5.75 Å². The summed E-state index contributed by atoms with van der Waals surface area (Å²) in [5.41, 5.74) is 1.23. The fraction of sp³-hybridized carbons (Fsp3) is 0.269. The van der Waals surface area contributed by atoms with E-state index in [-0.39, 0.29) is 17.5 Å². The fourth-order valence-corrected chi connectivity index (χ4v) is 5.03. The van der Waals surface area contributed by atoms with Crippen LogP contribution in [0.25, 0.3) is 22.0 Å². The van der Waals surface area contributed by atoms with Gasteiger partial charge in [0.15, 0.2) is 0 Å². The molecule has 1 aliphatic heterocycles. The first-order valence-corrected chi connectivity index (χ1v) is 12.4. The standard InChI is InChI=1S/C26H23F3N4O2S/c1-35-19-4-2-3-16(13-19)25(34)33-10-7-18(8-11-33)31-24-20-5-6-22(26(27,28)29)32-23(20)21(14-30-24)17-9-12-36-15-17/h2-6,9,12-15,18H,7-8,10-11H2,1H3,(H,30,31). The van der Waals surface area contributed by atoms with Crippen molar-refractivity contribution in [2.24, 2.45) is 0 Å². The number of piperidine rings is 1. The molecule has 1 amide bonds. The zero-order chi connectivity index (χ0) is 25.3. The highest BCUT2D eigenvalue weighted by atomic mass is 32.1. The molecule has 1 aliphatic rings. The minimum atomic E-state index is -4.54. The van der Waals surface area contributed by atoms with Gasteiger partial charge < -0.3 is 15.0 Å². The predicted octanol–water partition coefficient (Wildman–Crippen LogP) is 6.10. The van der Waals surface area contributed by atoms with Crippen LogP contribution in [-0.4, -0.2) is 47.0 Å². The van der Waals surface area contributed by atoms with Gasteiger partial charge in [0.05, 0.1) is 12.6 Å². The fourth-order valence-electron chi connectivity index (χ4n) is 4.38. The number of alkyl halides is 3. The summed E-state index contributed by atoms with van der Waals surface area (Å²) in [6.07, 6.45) is -1.61. The lowest BCUT2D eigenvalue weighted by Crippen LogP contribution is -2.42. The van der Waals surface area contributed by atoms with Crippen molar-refractivity contribution >= 4 is 34.0 Å². The molecular formula is C26H23F3N4O2S. The van der Waals surface area contributed by atoms with Crippen LogP contribution in [-0.2, 0) is 6.18 Å². The van der Waals surface area contributed by atoms with E-state index in [0.717, 1.165) is 11.6 Å². The second-order valence-electron chi connectivity index (χ2n) is 8.57. The van der Waals surface area contributed by atoms with Gasteiger partial charge in [-0.1, -0.05) is 6.07 Å². The lowest BCUT2D eigenvalue weighted by molar-refractivity contribution is -0.140. The molecule has 0 bridgehead atoms. The molecule has 36 heavy (non-hydrogen) atoms. The van der Waals surface area contributed by atoms with Gasteiger partial charge in [-0.05, 0) is 65.6 Å². The molecular weight excluding hydrogens is 489 g/mol. The van der Waals surface area contributed by atoms with E-state index in [9.17, 15) is 18.0 Å². The normalized spacial score (nSPS) is 14.7. The van der Waals surface area contributed by atoms with Gasteiger partial charge in [-0.3, -0.25) is 4.79 Å². The second-order valence-corrected chi connectivity index (χ2v) is 9.35. The largest absolute Gasteiger partial charge is 0.497 e. The molecule has 1 aromatic carbocycles. The van der Waals surface area contributed by atoms with Crippen molar-refractivity contribution < 1.29 is 22.7 Å². The van der Waals surface area contributed by atoms with E-state index in [0.29, 0.717) is 54.0 Å². The number of thiophene rings is 1. The molecule has 3 aromatic heterocycles. The number of nitrogens with one attached hydrogen (secondary N) is 1. The maximum Gasteiger partial charge on any atom is 0.433 e. The van der Waals surface area contributed by atoms with E-state index in [1.54, 1.807) is 42.5 Å². The minimum absolute atomic E-state index is 0.0179. The number of likely N-dealkylation sites (tertiary alicyclic amines) is 1. The maximum absolute atomic E-state index is 13.4. The van der Waals surface area contributed by atoms with Crippen molar-refractivity contribution in [3.05, 3.63) is 70.7 Å². The number of benzene rings is 1. The van der Waals surface area contributed by atoms with Gasteiger partial charge >= 0.3 is 6.18 Å². The van der Waals surface area contributed by atoms with Crippen molar-refractivity contribution in [1.82, 2.24) is 14.9 Å². The zero-order valence-corrected chi connectivity index (χ0v) is 20.2. The summed E-state index contributed by atoms with van der Waals surface area (Å²) < 4.78 is 45.4. The number of anilines is 1. The van der Waals surface area contributed by atoms with E-state index < -0.39 is 11.9 Å². The van der Waals surface area contributed by atoms with E-state index in [1.807, 2.05) is 16.8 Å². The molecule has 1 fully saturated rings. The second kappa shape index (κ2) is 9.77. The Labute approximate surface area is 209 Å². The van der Waals surface area contributed by atoms with E-state index in [2.05, 4.69) is 15.3 Å². The highest BCUT2D eigenvalue weighted by molar-refractivity contribution is 7.08. The number of fused-ring (bicyclic) bond motifs is 1. The van der Waals surface area contributed by atoms with Gasteiger partial charge in [0.2, 0.25) is 0 Å². The smallest absolute Gasteiger partial charge is 0.433 e. The lowest BCUT2D eigenvalue weighted by Gasteiger charge is -2.33. The summed E-state index contributed by atoms with van der Waals surface area (Å²) >= 11 is 1.46. The monoisotopic (exact) mass is 512 g/mol. The Hall–Kier alpha value is -3.66. The number of nitrogens with zero attached hydrogens (tertiary/aromatic N) is 3. The van der Waals surface area contributed by atoms with Crippen LogP contribution in [0.2, 0.25) is 0 Å². The third kappa shape index (κ3) is 4.86. The van der Waals surface area contributed by atoms with Crippen LogP contribution in [0.4, 0.5) is 19.0 Å². The molecule has 0 unspecified atom stereocenters. The van der Waals surface area contributed by atoms with Gasteiger partial charge in [-0.25, -0.2) is 9.97 Å². The van der Waals surface area contributed by atoms with Gasteiger partial charge in [0.1, 0.15) is 17.3 Å². The molecule has 186 valence electrons. The predicted molar refractivity (Wildman–Crippen MR) is 133 cm³/mol. The van der Waals surface area contributed by atoms with Crippen molar-refractivity contribution in [2.45, 2.75) is 25.1 Å². The lowest BCUT2D eigenvalue weighted by atomic mass is 10.0. The Balaban J connectivity index is 1.36. The zero-order valence-electron chi connectivity index (χ0n) is 19.4. The first kappa shape index (κ1) is 24.1. The molecule has 0 saturated carbocycles. The topological polar surface area (TPSA) is 67.3 Å². The third-order valence-electron chi connectivity index (χ3n) is 6.29. The number of pyridine rings is 2. The quantitative estimate of drug-likeness (QED) is 0.350.